The molecule has 2 aromatic carbocycles. The highest BCUT2D eigenvalue weighted by Crippen LogP contribution is 2.48. The number of nitriles is 1. The van der Waals surface area contributed by atoms with E-state index in [1.165, 1.54) is 24.3 Å². The second-order valence-electron chi connectivity index (χ2n) is 6.73. The maximum absolute atomic E-state index is 14.1. The van der Waals surface area contributed by atoms with Crippen molar-refractivity contribution < 1.29 is 17.6 Å². The number of halogens is 5. The summed E-state index contributed by atoms with van der Waals surface area (Å²) in [6.45, 7) is 2.98. The van der Waals surface area contributed by atoms with Crippen LogP contribution in [0, 0.1) is 31.0 Å². The number of aliphatic imine (C=N–C) groups is 1. The van der Waals surface area contributed by atoms with Crippen LogP contribution in [0.15, 0.2) is 35.3 Å². The van der Waals surface area contributed by atoms with E-state index in [1.54, 1.807) is 19.9 Å². The standard InChI is InChI=1S/C20H15ClF4N2/c1-11-5-15(7-16(21)12(11)2)19(20(23,24)25)8-18(27-10-19)13-3-4-17(22)14(6-13)9-26/h3-7H,8,10H2,1-2H3. The van der Waals surface area contributed by atoms with Crippen molar-refractivity contribution in [2.75, 3.05) is 6.54 Å². The van der Waals surface area contributed by atoms with Crippen LogP contribution in [-0.4, -0.2) is 18.4 Å². The molecule has 1 aliphatic heterocycles. The lowest BCUT2D eigenvalue weighted by Crippen LogP contribution is -2.44. The molecule has 0 fully saturated rings. The van der Waals surface area contributed by atoms with Gasteiger partial charge in [-0.25, -0.2) is 4.39 Å². The first kappa shape index (κ1) is 19.4. The van der Waals surface area contributed by atoms with E-state index in [2.05, 4.69) is 4.99 Å². The predicted molar refractivity (Wildman–Crippen MR) is 95.8 cm³/mol. The molecule has 0 saturated carbocycles. The van der Waals surface area contributed by atoms with Crippen LogP contribution >= 0.6 is 11.6 Å². The highest BCUT2D eigenvalue weighted by atomic mass is 35.5. The van der Waals surface area contributed by atoms with Gasteiger partial charge in [-0.05, 0) is 54.3 Å². The lowest BCUT2D eigenvalue weighted by atomic mass is 9.76. The molecule has 7 heteroatoms. The third-order valence-electron chi connectivity index (χ3n) is 5.13. The van der Waals surface area contributed by atoms with Gasteiger partial charge in [-0.15, -0.1) is 0 Å². The van der Waals surface area contributed by atoms with E-state index in [0.717, 1.165) is 11.6 Å². The van der Waals surface area contributed by atoms with Crippen LogP contribution in [0.25, 0.3) is 0 Å². The Labute approximate surface area is 159 Å². The van der Waals surface area contributed by atoms with Gasteiger partial charge in [-0.1, -0.05) is 23.7 Å². The van der Waals surface area contributed by atoms with Crippen LogP contribution in [0.1, 0.15) is 34.2 Å². The molecule has 1 atom stereocenters. The van der Waals surface area contributed by atoms with E-state index in [4.69, 9.17) is 16.9 Å². The van der Waals surface area contributed by atoms with Crippen molar-refractivity contribution in [3.63, 3.8) is 0 Å². The maximum atomic E-state index is 14.1. The van der Waals surface area contributed by atoms with E-state index < -0.39 is 30.4 Å². The van der Waals surface area contributed by atoms with Crippen LogP contribution in [0.2, 0.25) is 5.02 Å². The molecule has 0 bridgehead atoms. The first-order chi connectivity index (χ1) is 12.6. The molecule has 0 N–H and O–H groups in total. The molecule has 0 radical (unpaired) electrons. The highest BCUT2D eigenvalue weighted by molar-refractivity contribution is 6.31. The van der Waals surface area contributed by atoms with Crippen LogP contribution in [0.5, 0.6) is 0 Å². The highest BCUT2D eigenvalue weighted by Gasteiger charge is 2.58. The van der Waals surface area contributed by atoms with Crippen molar-refractivity contribution in [3.05, 3.63) is 69.0 Å². The van der Waals surface area contributed by atoms with Gasteiger partial charge in [0, 0.05) is 17.2 Å². The van der Waals surface area contributed by atoms with Gasteiger partial charge in [0.1, 0.15) is 17.3 Å². The van der Waals surface area contributed by atoms with Crippen LogP contribution in [0.3, 0.4) is 0 Å². The van der Waals surface area contributed by atoms with E-state index in [0.29, 0.717) is 11.1 Å². The zero-order valence-corrected chi connectivity index (χ0v) is 15.3. The molecule has 1 unspecified atom stereocenters. The first-order valence-corrected chi connectivity index (χ1v) is 8.54. The molecular weight excluding hydrogens is 380 g/mol. The maximum Gasteiger partial charge on any atom is 0.400 e. The molecule has 2 nitrogen and oxygen atoms in total. The lowest BCUT2D eigenvalue weighted by molar-refractivity contribution is -0.183. The zero-order valence-electron chi connectivity index (χ0n) is 14.6. The summed E-state index contributed by atoms with van der Waals surface area (Å²) in [6, 6.07) is 8.18. The first-order valence-electron chi connectivity index (χ1n) is 8.16. The second kappa shape index (κ2) is 6.65. The Kier molecular flexibility index (Phi) is 4.77. The molecule has 0 amide bonds. The molecule has 0 aliphatic carbocycles. The van der Waals surface area contributed by atoms with E-state index in [-0.39, 0.29) is 21.9 Å². The third kappa shape index (κ3) is 3.21. The van der Waals surface area contributed by atoms with E-state index in [1.807, 2.05) is 0 Å². The molecule has 27 heavy (non-hydrogen) atoms. The fraction of sp³-hybridized carbons (Fsp3) is 0.300. The topological polar surface area (TPSA) is 36.1 Å². The molecule has 2 aromatic rings. The average molecular weight is 395 g/mol. The van der Waals surface area contributed by atoms with Gasteiger partial charge in [0.2, 0.25) is 0 Å². The van der Waals surface area contributed by atoms with Gasteiger partial charge in [0.05, 0.1) is 12.1 Å². The summed E-state index contributed by atoms with van der Waals surface area (Å²) < 4.78 is 55.9. The summed E-state index contributed by atoms with van der Waals surface area (Å²) in [5, 5.41) is 9.23. The van der Waals surface area contributed by atoms with Gasteiger partial charge in [0.15, 0.2) is 0 Å². The fourth-order valence-electron chi connectivity index (χ4n) is 3.25. The fourth-order valence-corrected chi connectivity index (χ4v) is 3.52. The number of nitrogens with zero attached hydrogens (tertiary/aromatic N) is 2. The van der Waals surface area contributed by atoms with Gasteiger partial charge in [-0.2, -0.15) is 18.4 Å². The molecule has 140 valence electrons. The molecule has 3 rings (SSSR count). The summed E-state index contributed by atoms with van der Waals surface area (Å²) >= 11 is 6.14. The molecule has 1 aliphatic rings. The van der Waals surface area contributed by atoms with Crippen LogP contribution in [-0.2, 0) is 5.41 Å². The Morgan fingerprint density at radius 2 is 1.89 bits per heavy atom. The van der Waals surface area contributed by atoms with Crippen molar-refractivity contribution in [2.45, 2.75) is 31.9 Å². The number of alkyl halides is 3. The number of hydrogen-bond acceptors (Lipinski definition) is 2. The predicted octanol–water partition coefficient (Wildman–Crippen LogP) is 5.66. The van der Waals surface area contributed by atoms with Gasteiger partial charge < -0.3 is 0 Å². The Hall–Kier alpha value is -2.39. The SMILES string of the molecule is Cc1cc(C2(C(F)(F)F)CN=C(c3ccc(F)c(C#N)c3)C2)cc(Cl)c1C. The Morgan fingerprint density at radius 3 is 2.48 bits per heavy atom. The summed E-state index contributed by atoms with van der Waals surface area (Å²) in [6.07, 6.45) is -4.95. The summed E-state index contributed by atoms with van der Waals surface area (Å²) in [5.74, 6) is -0.720. The Balaban J connectivity index is 2.07. The number of hydrogen-bond donors (Lipinski definition) is 0. The van der Waals surface area contributed by atoms with Crippen molar-refractivity contribution in [1.29, 1.82) is 5.26 Å². The van der Waals surface area contributed by atoms with Crippen molar-refractivity contribution in [3.8, 4) is 6.07 Å². The quantitative estimate of drug-likeness (QED) is 0.605. The normalized spacial score (nSPS) is 19.7. The lowest BCUT2D eigenvalue weighted by Gasteiger charge is -2.32. The third-order valence-corrected chi connectivity index (χ3v) is 5.52. The molecule has 0 saturated heterocycles. The van der Waals surface area contributed by atoms with Gasteiger partial charge in [-0.3, -0.25) is 4.99 Å². The van der Waals surface area contributed by atoms with Crippen LogP contribution in [0.4, 0.5) is 17.6 Å². The Bertz CT molecular complexity index is 965. The van der Waals surface area contributed by atoms with E-state index >= 15 is 0 Å². The molecule has 0 aromatic heterocycles. The zero-order chi connectivity index (χ0) is 20.0. The van der Waals surface area contributed by atoms with Crippen molar-refractivity contribution >= 4 is 17.3 Å². The van der Waals surface area contributed by atoms with E-state index in [9.17, 15) is 17.6 Å². The molecular formula is C20H15ClF4N2. The number of benzene rings is 2. The minimum atomic E-state index is -4.55. The van der Waals surface area contributed by atoms with Gasteiger partial charge in [0.25, 0.3) is 0 Å². The Morgan fingerprint density at radius 1 is 1.19 bits per heavy atom. The second-order valence-corrected chi connectivity index (χ2v) is 7.13. The minimum absolute atomic E-state index is 0.0597. The monoisotopic (exact) mass is 394 g/mol. The average Bonchev–Trinajstić information content (AvgIpc) is 3.06. The summed E-state index contributed by atoms with van der Waals surface area (Å²) in [5.41, 5.74) is -0.464. The van der Waals surface area contributed by atoms with Crippen molar-refractivity contribution in [1.82, 2.24) is 0 Å². The minimum Gasteiger partial charge on any atom is -0.288 e. The van der Waals surface area contributed by atoms with Gasteiger partial charge >= 0.3 is 6.18 Å². The number of rotatable bonds is 2. The number of aryl methyl sites for hydroxylation is 1. The largest absolute Gasteiger partial charge is 0.400 e. The summed E-state index contributed by atoms with van der Waals surface area (Å²) in [4.78, 5) is 4.11. The van der Waals surface area contributed by atoms with Crippen molar-refractivity contribution in [2.24, 2.45) is 4.99 Å². The van der Waals surface area contributed by atoms with Crippen LogP contribution < -0.4 is 0 Å². The summed E-state index contributed by atoms with van der Waals surface area (Å²) in [7, 11) is 0. The molecule has 1 heterocycles. The smallest absolute Gasteiger partial charge is 0.288 e. The molecule has 0 spiro atoms.